The molecule has 0 saturated carbocycles. The maximum Gasteiger partial charge on any atom is 0.258 e. The number of hydrogen-bond acceptors (Lipinski definition) is 8. The van der Waals surface area contributed by atoms with Gasteiger partial charge in [0.2, 0.25) is 11.8 Å². The number of aliphatic hydroxyl groups excluding tert-OH is 2. The third-order valence-electron chi connectivity index (χ3n) is 7.57. The van der Waals surface area contributed by atoms with Crippen molar-refractivity contribution in [3.63, 3.8) is 0 Å². The molecule has 0 bridgehead atoms. The SMILES string of the molecule is CC[C@@H](C)[C@H](NC(=O)[C@H](C(C)C)C(O)C(O)C(Cc1cnc[nH]1)NC(=O)COc1ccccc1)C(=O)NCc1ccccn1. The molecule has 3 unspecified atom stereocenters. The number of hydrogen-bond donors (Lipinski definition) is 6. The fourth-order valence-corrected chi connectivity index (χ4v) is 4.85. The monoisotopic (exact) mass is 608 g/mol. The average Bonchev–Trinajstić information content (AvgIpc) is 3.54. The first-order valence-corrected chi connectivity index (χ1v) is 14.9. The molecule has 3 amide bonds. The second-order valence-corrected chi connectivity index (χ2v) is 11.2. The molecular formula is C32H44N6O6. The molecule has 44 heavy (non-hydrogen) atoms. The van der Waals surface area contributed by atoms with Gasteiger partial charge in [0.15, 0.2) is 6.61 Å². The van der Waals surface area contributed by atoms with Crippen LogP contribution in [0.1, 0.15) is 45.5 Å². The van der Waals surface area contributed by atoms with E-state index in [4.69, 9.17) is 4.74 Å². The van der Waals surface area contributed by atoms with Crippen LogP contribution < -0.4 is 20.7 Å². The molecule has 3 aromatic rings. The summed E-state index contributed by atoms with van der Waals surface area (Å²) in [5.41, 5.74) is 1.28. The highest BCUT2D eigenvalue weighted by Gasteiger charge is 2.40. The quantitative estimate of drug-likeness (QED) is 0.134. The topological polar surface area (TPSA) is 179 Å². The maximum atomic E-state index is 13.7. The van der Waals surface area contributed by atoms with Crippen molar-refractivity contribution in [2.24, 2.45) is 17.8 Å². The van der Waals surface area contributed by atoms with Gasteiger partial charge in [-0.2, -0.15) is 0 Å². The number of ether oxygens (including phenoxy) is 1. The van der Waals surface area contributed by atoms with Crippen molar-refractivity contribution >= 4 is 17.7 Å². The highest BCUT2D eigenvalue weighted by atomic mass is 16.5. The molecule has 6 atom stereocenters. The number of nitrogens with zero attached hydrogens (tertiary/aromatic N) is 2. The predicted molar refractivity (Wildman–Crippen MR) is 164 cm³/mol. The van der Waals surface area contributed by atoms with Crippen LogP contribution in [-0.2, 0) is 27.3 Å². The van der Waals surface area contributed by atoms with Crippen LogP contribution in [0.2, 0.25) is 0 Å². The number of aromatic amines is 1. The van der Waals surface area contributed by atoms with E-state index in [1.165, 1.54) is 6.33 Å². The van der Waals surface area contributed by atoms with Gasteiger partial charge in [0.25, 0.3) is 5.91 Å². The lowest BCUT2D eigenvalue weighted by Crippen LogP contribution is -2.58. The Morgan fingerprint density at radius 2 is 1.68 bits per heavy atom. The number of pyridine rings is 1. The normalized spacial score (nSPS) is 15.3. The molecule has 0 aliphatic rings. The van der Waals surface area contributed by atoms with Crippen LogP contribution in [0.5, 0.6) is 5.75 Å². The van der Waals surface area contributed by atoms with Gasteiger partial charge >= 0.3 is 0 Å². The van der Waals surface area contributed by atoms with Gasteiger partial charge < -0.3 is 35.9 Å². The average molecular weight is 609 g/mol. The zero-order valence-electron chi connectivity index (χ0n) is 25.6. The van der Waals surface area contributed by atoms with Gasteiger partial charge in [-0.3, -0.25) is 19.4 Å². The number of aromatic nitrogens is 3. The highest BCUT2D eigenvalue weighted by Crippen LogP contribution is 2.23. The van der Waals surface area contributed by atoms with Crippen LogP contribution >= 0.6 is 0 Å². The standard InChI is InChI=1S/C32H44N6O6/c1-5-21(4)28(32(43)35-17-22-11-9-10-14-34-22)38-31(42)27(20(2)3)30(41)29(40)25(15-23-16-33-19-36-23)37-26(39)18-44-24-12-7-6-8-13-24/h6-14,16,19-21,25,27-30,40-41H,5,15,17-18H2,1-4H3,(H,33,36)(H,35,43)(H,37,39)(H,38,42)/t21-,25?,27-,28+,29?,30?/m1/s1. The molecule has 12 nitrogen and oxygen atoms in total. The number of H-pyrrole nitrogens is 1. The van der Waals surface area contributed by atoms with Gasteiger partial charge in [0.05, 0.1) is 36.6 Å². The van der Waals surface area contributed by atoms with E-state index < -0.39 is 47.9 Å². The summed E-state index contributed by atoms with van der Waals surface area (Å²) in [6.45, 7) is 7.14. The second-order valence-electron chi connectivity index (χ2n) is 11.2. The Kier molecular flexibility index (Phi) is 13.3. The summed E-state index contributed by atoms with van der Waals surface area (Å²) in [5, 5.41) is 31.2. The van der Waals surface area contributed by atoms with E-state index >= 15 is 0 Å². The summed E-state index contributed by atoms with van der Waals surface area (Å²) in [7, 11) is 0. The van der Waals surface area contributed by atoms with Crippen molar-refractivity contribution in [2.75, 3.05) is 6.61 Å². The zero-order valence-corrected chi connectivity index (χ0v) is 25.6. The number of benzene rings is 1. The van der Waals surface area contributed by atoms with Crippen LogP contribution in [0.15, 0.2) is 67.3 Å². The van der Waals surface area contributed by atoms with Crippen molar-refractivity contribution in [3.8, 4) is 5.75 Å². The van der Waals surface area contributed by atoms with E-state index in [0.29, 0.717) is 23.6 Å². The largest absolute Gasteiger partial charge is 0.484 e. The van der Waals surface area contributed by atoms with Gasteiger partial charge in [0, 0.05) is 24.5 Å². The van der Waals surface area contributed by atoms with E-state index in [0.717, 1.165) is 0 Å². The lowest BCUT2D eigenvalue weighted by atomic mass is 9.83. The molecule has 0 aliphatic heterocycles. The van der Waals surface area contributed by atoms with E-state index in [1.54, 1.807) is 62.6 Å². The van der Waals surface area contributed by atoms with Crippen molar-refractivity contribution < 1.29 is 29.3 Å². The minimum atomic E-state index is -1.58. The number of nitrogens with one attached hydrogen (secondary N) is 4. The molecule has 0 saturated heterocycles. The van der Waals surface area contributed by atoms with Gasteiger partial charge in [-0.05, 0) is 36.1 Å². The number of carbonyl (C=O) groups excluding carboxylic acids is 3. The van der Waals surface area contributed by atoms with Crippen LogP contribution in [0, 0.1) is 17.8 Å². The molecule has 1 aromatic carbocycles. The molecule has 0 fully saturated rings. The lowest BCUT2D eigenvalue weighted by molar-refractivity contribution is -0.140. The van der Waals surface area contributed by atoms with E-state index in [2.05, 4.69) is 30.9 Å². The van der Waals surface area contributed by atoms with Crippen LogP contribution in [0.25, 0.3) is 0 Å². The fourth-order valence-electron chi connectivity index (χ4n) is 4.85. The number of carbonyl (C=O) groups is 3. The molecule has 12 heteroatoms. The third-order valence-corrected chi connectivity index (χ3v) is 7.57. The summed E-state index contributed by atoms with van der Waals surface area (Å²) in [6.07, 6.45) is 2.24. The molecule has 0 spiro atoms. The fraction of sp³-hybridized carbons (Fsp3) is 0.469. The first-order chi connectivity index (χ1) is 21.1. The Morgan fingerprint density at radius 1 is 0.955 bits per heavy atom. The number of amides is 3. The second kappa shape index (κ2) is 17.1. The first-order valence-electron chi connectivity index (χ1n) is 14.9. The van der Waals surface area contributed by atoms with Crippen molar-refractivity contribution in [3.05, 3.63) is 78.6 Å². The molecule has 238 valence electrons. The molecule has 2 aromatic heterocycles. The van der Waals surface area contributed by atoms with Crippen LogP contribution in [0.3, 0.4) is 0 Å². The Hall–Kier alpha value is -4.29. The van der Waals surface area contributed by atoms with E-state index in [9.17, 15) is 24.6 Å². The number of rotatable bonds is 17. The molecular weight excluding hydrogens is 564 g/mol. The van der Waals surface area contributed by atoms with Crippen molar-refractivity contribution in [1.82, 2.24) is 30.9 Å². The minimum Gasteiger partial charge on any atom is -0.484 e. The van der Waals surface area contributed by atoms with Gasteiger partial charge in [-0.1, -0.05) is 58.4 Å². The predicted octanol–water partition coefficient (Wildman–Crippen LogP) is 1.75. The van der Waals surface area contributed by atoms with Crippen LogP contribution in [0.4, 0.5) is 0 Å². The number of imidazole rings is 1. The molecule has 3 rings (SSSR count). The lowest BCUT2D eigenvalue weighted by Gasteiger charge is -2.34. The smallest absolute Gasteiger partial charge is 0.258 e. The molecule has 6 N–H and O–H groups in total. The first kappa shape index (κ1) is 34.2. The number of aliphatic hydroxyl groups is 2. The summed E-state index contributed by atoms with van der Waals surface area (Å²) >= 11 is 0. The van der Waals surface area contributed by atoms with Gasteiger partial charge in [-0.15, -0.1) is 0 Å². The molecule has 0 radical (unpaired) electrons. The van der Waals surface area contributed by atoms with Gasteiger partial charge in [-0.25, -0.2) is 4.98 Å². The summed E-state index contributed by atoms with van der Waals surface area (Å²) in [6, 6.07) is 12.3. The van der Waals surface area contributed by atoms with Crippen LogP contribution in [-0.4, -0.2) is 73.8 Å². The Bertz CT molecular complexity index is 1290. The molecule has 0 aliphatic carbocycles. The summed E-state index contributed by atoms with van der Waals surface area (Å²) < 4.78 is 5.53. The molecule has 2 heterocycles. The van der Waals surface area contributed by atoms with Gasteiger partial charge in [0.1, 0.15) is 17.9 Å². The summed E-state index contributed by atoms with van der Waals surface area (Å²) in [4.78, 5) is 50.8. The van der Waals surface area contributed by atoms with E-state index in [1.807, 2.05) is 26.0 Å². The highest BCUT2D eigenvalue weighted by molar-refractivity contribution is 5.89. The Labute approximate surface area is 258 Å². The Balaban J connectivity index is 1.73. The minimum absolute atomic E-state index is 0.104. The summed E-state index contributed by atoms with van der Waals surface area (Å²) in [5.74, 6) is -2.70. The maximum absolute atomic E-state index is 13.7. The van der Waals surface area contributed by atoms with Crippen molar-refractivity contribution in [1.29, 1.82) is 0 Å². The van der Waals surface area contributed by atoms with Crippen molar-refractivity contribution in [2.45, 2.75) is 71.4 Å². The Morgan fingerprint density at radius 3 is 2.30 bits per heavy atom. The van der Waals surface area contributed by atoms with E-state index in [-0.39, 0.29) is 31.4 Å². The zero-order chi connectivity index (χ0) is 32.1. The number of para-hydroxylation sites is 1. The third kappa shape index (κ3) is 10.2.